The van der Waals surface area contributed by atoms with Crippen molar-refractivity contribution in [3.63, 3.8) is 0 Å². The summed E-state index contributed by atoms with van der Waals surface area (Å²) in [5.74, 6) is -2.66. The third kappa shape index (κ3) is 5.05. The molecule has 0 radical (unpaired) electrons. The minimum Gasteiger partial charge on any atom is -0.473 e. The number of amidine groups is 1. The van der Waals surface area contributed by atoms with E-state index in [2.05, 4.69) is 0 Å². The van der Waals surface area contributed by atoms with Crippen molar-refractivity contribution in [3.05, 3.63) is 48.0 Å². The number of Topliss-reactive ketones (excluding diaryl/α,β-unsaturated/α-hetero) is 1. The van der Waals surface area contributed by atoms with Crippen LogP contribution >= 0.6 is 11.8 Å². The first-order valence-corrected chi connectivity index (χ1v) is 8.31. The molecule has 8 heteroatoms. The molecular weight excluding hydrogens is 344 g/mol. The Morgan fingerprint density at radius 2 is 1.68 bits per heavy atom. The summed E-state index contributed by atoms with van der Waals surface area (Å²) in [6.07, 6.45) is 0. The van der Waals surface area contributed by atoms with Crippen molar-refractivity contribution in [1.82, 2.24) is 4.90 Å². The molecule has 1 heterocycles. The molecule has 25 heavy (non-hydrogen) atoms. The highest BCUT2D eigenvalue weighted by molar-refractivity contribution is 8.14. The van der Waals surface area contributed by atoms with E-state index in [-0.39, 0.29) is 5.78 Å². The Hall–Kier alpha value is -2.87. The lowest BCUT2D eigenvalue weighted by Gasteiger charge is -2.15. The van der Waals surface area contributed by atoms with Crippen LogP contribution in [0.5, 0.6) is 0 Å². The van der Waals surface area contributed by atoms with E-state index >= 15 is 0 Å². The number of hydrogen-bond acceptors (Lipinski definition) is 5. The van der Waals surface area contributed by atoms with Crippen LogP contribution in [0.3, 0.4) is 0 Å². The minimum atomic E-state index is -1.82. The van der Waals surface area contributed by atoms with Crippen molar-refractivity contribution in [1.29, 1.82) is 5.41 Å². The fourth-order valence-electron chi connectivity index (χ4n) is 2.22. The highest BCUT2D eigenvalue weighted by Gasteiger charge is 2.20. The number of thioether (sulfide) groups is 1. The molecule has 0 bridgehead atoms. The maximum absolute atomic E-state index is 12.2. The smallest absolute Gasteiger partial charge is 0.414 e. The van der Waals surface area contributed by atoms with Gasteiger partial charge in [-0.1, -0.05) is 48.2 Å². The predicted octanol–water partition coefficient (Wildman–Crippen LogP) is 2.16. The first-order valence-electron chi connectivity index (χ1n) is 7.33. The van der Waals surface area contributed by atoms with E-state index in [9.17, 15) is 4.79 Å². The van der Waals surface area contributed by atoms with Gasteiger partial charge < -0.3 is 15.1 Å². The predicted molar refractivity (Wildman–Crippen MR) is 95.3 cm³/mol. The molecule has 0 unspecified atom stereocenters. The fourth-order valence-corrected chi connectivity index (χ4v) is 3.07. The summed E-state index contributed by atoms with van der Waals surface area (Å²) in [6.45, 7) is 1.10. The van der Waals surface area contributed by atoms with Gasteiger partial charge >= 0.3 is 11.9 Å². The minimum absolute atomic E-state index is 0.0815. The summed E-state index contributed by atoms with van der Waals surface area (Å²) in [5.41, 5.74) is 0.725. The normalized spacial score (nSPS) is 13.3. The molecule has 2 aromatic rings. The number of carbonyl (C=O) groups is 3. The first-order chi connectivity index (χ1) is 11.9. The zero-order chi connectivity index (χ0) is 18.4. The number of carboxylic acids is 2. The second kappa shape index (κ2) is 8.29. The molecule has 0 atom stereocenters. The molecule has 1 aliphatic rings. The van der Waals surface area contributed by atoms with Gasteiger partial charge in [0.05, 0.1) is 6.54 Å². The van der Waals surface area contributed by atoms with Crippen LogP contribution in [0.25, 0.3) is 10.8 Å². The van der Waals surface area contributed by atoms with E-state index in [1.807, 2.05) is 47.4 Å². The second-order valence-electron chi connectivity index (χ2n) is 5.17. The summed E-state index contributed by atoms with van der Waals surface area (Å²) in [4.78, 5) is 32.3. The molecule has 1 aliphatic heterocycles. The molecule has 0 saturated carbocycles. The number of carboxylic acid groups (broad SMARTS) is 2. The van der Waals surface area contributed by atoms with E-state index in [0.717, 1.165) is 28.6 Å². The van der Waals surface area contributed by atoms with Gasteiger partial charge in [0.25, 0.3) is 0 Å². The third-order valence-corrected chi connectivity index (χ3v) is 4.39. The second-order valence-corrected chi connectivity index (χ2v) is 6.25. The number of carbonyl (C=O) groups excluding carboxylic acids is 1. The maximum atomic E-state index is 12.2. The fraction of sp³-hybridized carbons (Fsp3) is 0.176. The highest BCUT2D eigenvalue weighted by atomic mass is 32.2. The molecule has 3 N–H and O–H groups in total. The Bertz CT molecular complexity index is 825. The lowest BCUT2D eigenvalue weighted by molar-refractivity contribution is -0.159. The molecule has 0 aliphatic carbocycles. The average Bonchev–Trinajstić information content (AvgIpc) is 2.99. The Morgan fingerprint density at radius 1 is 1.04 bits per heavy atom. The van der Waals surface area contributed by atoms with Crippen LogP contribution in [0.2, 0.25) is 0 Å². The quantitative estimate of drug-likeness (QED) is 0.567. The van der Waals surface area contributed by atoms with Gasteiger partial charge in [-0.2, -0.15) is 0 Å². The van der Waals surface area contributed by atoms with Crippen LogP contribution in [0.1, 0.15) is 10.4 Å². The van der Waals surface area contributed by atoms with Crippen molar-refractivity contribution in [2.24, 2.45) is 0 Å². The van der Waals surface area contributed by atoms with Crippen LogP contribution in [0, 0.1) is 5.41 Å². The molecule has 130 valence electrons. The topological polar surface area (TPSA) is 119 Å². The summed E-state index contributed by atoms with van der Waals surface area (Å²) in [7, 11) is 0. The van der Waals surface area contributed by atoms with Crippen molar-refractivity contribution in [2.45, 2.75) is 0 Å². The van der Waals surface area contributed by atoms with Crippen molar-refractivity contribution < 1.29 is 24.6 Å². The molecule has 1 fully saturated rings. The lowest BCUT2D eigenvalue weighted by Crippen LogP contribution is -2.30. The highest BCUT2D eigenvalue weighted by Crippen LogP contribution is 2.19. The summed E-state index contributed by atoms with van der Waals surface area (Å²) < 4.78 is 0. The van der Waals surface area contributed by atoms with Gasteiger partial charge in [0.15, 0.2) is 11.0 Å². The standard InChI is InChI=1S/C15H14N2OS.C2H2O4/c16-15-17(7-8-19-15)10-14(18)13-6-5-11-3-1-2-4-12(11)9-13;3-1(4)2(5)6/h1-6,9,16H,7-8,10H2;(H,3,4)(H,5,6). The molecule has 7 nitrogen and oxygen atoms in total. The van der Waals surface area contributed by atoms with E-state index < -0.39 is 11.9 Å². The van der Waals surface area contributed by atoms with Gasteiger partial charge in [-0.05, 0) is 16.8 Å². The number of ketones is 1. The van der Waals surface area contributed by atoms with Gasteiger partial charge in [0.2, 0.25) is 0 Å². The number of rotatable bonds is 3. The van der Waals surface area contributed by atoms with Gasteiger partial charge in [-0.3, -0.25) is 10.2 Å². The largest absolute Gasteiger partial charge is 0.473 e. The van der Waals surface area contributed by atoms with Crippen LogP contribution in [0.15, 0.2) is 42.5 Å². The average molecular weight is 360 g/mol. The van der Waals surface area contributed by atoms with Crippen LogP contribution in [-0.2, 0) is 9.59 Å². The number of benzene rings is 2. The molecule has 3 rings (SSSR count). The number of nitrogens with one attached hydrogen (secondary N) is 1. The van der Waals surface area contributed by atoms with Crippen LogP contribution < -0.4 is 0 Å². The molecule has 0 spiro atoms. The van der Waals surface area contributed by atoms with Crippen molar-refractivity contribution >= 4 is 45.4 Å². The van der Waals surface area contributed by atoms with E-state index in [1.165, 1.54) is 11.8 Å². The Kier molecular flexibility index (Phi) is 6.13. The van der Waals surface area contributed by atoms with Gasteiger partial charge in [0.1, 0.15) is 0 Å². The summed E-state index contributed by atoms with van der Waals surface area (Å²) >= 11 is 1.50. The number of aliphatic carboxylic acids is 2. The SMILES string of the molecule is N=C1SCCN1CC(=O)c1ccc2ccccc2c1.O=C(O)C(=O)O. The number of hydrogen-bond donors (Lipinski definition) is 3. The van der Waals surface area contributed by atoms with E-state index in [4.69, 9.17) is 25.2 Å². The number of nitrogens with zero attached hydrogens (tertiary/aromatic N) is 1. The summed E-state index contributed by atoms with van der Waals surface area (Å²) in [6, 6.07) is 13.8. The van der Waals surface area contributed by atoms with Crippen LogP contribution in [0.4, 0.5) is 0 Å². The Morgan fingerprint density at radius 3 is 2.24 bits per heavy atom. The molecule has 0 amide bonds. The van der Waals surface area contributed by atoms with Gasteiger partial charge in [0, 0.05) is 17.9 Å². The lowest BCUT2D eigenvalue weighted by atomic mass is 10.0. The molecular formula is C17H16N2O5S. The first kappa shape index (κ1) is 18.5. The molecule has 1 saturated heterocycles. The van der Waals surface area contributed by atoms with Gasteiger partial charge in [-0.25, -0.2) is 9.59 Å². The van der Waals surface area contributed by atoms with E-state index in [0.29, 0.717) is 11.7 Å². The third-order valence-electron chi connectivity index (χ3n) is 3.48. The van der Waals surface area contributed by atoms with E-state index in [1.54, 1.807) is 0 Å². The van der Waals surface area contributed by atoms with Crippen molar-refractivity contribution in [3.8, 4) is 0 Å². The molecule has 0 aromatic heterocycles. The Labute approximate surface area is 147 Å². The van der Waals surface area contributed by atoms with Crippen LogP contribution in [-0.4, -0.2) is 56.8 Å². The Balaban J connectivity index is 0.000000326. The zero-order valence-corrected chi connectivity index (χ0v) is 14.0. The van der Waals surface area contributed by atoms with Gasteiger partial charge in [-0.15, -0.1) is 0 Å². The zero-order valence-electron chi connectivity index (χ0n) is 13.1. The monoisotopic (exact) mass is 360 g/mol. The van der Waals surface area contributed by atoms with Crippen molar-refractivity contribution in [2.75, 3.05) is 18.8 Å². The molecule has 2 aromatic carbocycles. The maximum Gasteiger partial charge on any atom is 0.414 e. The number of fused-ring (bicyclic) bond motifs is 1. The summed E-state index contributed by atoms with van der Waals surface area (Å²) in [5, 5.41) is 25.2.